The molecule has 1 aliphatic carbocycles. The van der Waals surface area contributed by atoms with Gasteiger partial charge < -0.3 is 15.0 Å². The molecule has 21 heavy (non-hydrogen) atoms. The summed E-state index contributed by atoms with van der Waals surface area (Å²) in [7, 11) is 0. The predicted molar refractivity (Wildman–Crippen MR) is 86.7 cm³/mol. The number of piperidine rings is 1. The monoisotopic (exact) mass is 288 g/mol. The van der Waals surface area contributed by atoms with E-state index < -0.39 is 0 Å². The molecule has 3 rings (SSSR count). The minimum absolute atomic E-state index is 0.681. The lowest BCUT2D eigenvalue weighted by Crippen LogP contribution is -2.43. The van der Waals surface area contributed by atoms with Gasteiger partial charge in [0.25, 0.3) is 0 Å². The van der Waals surface area contributed by atoms with E-state index in [1.54, 1.807) is 0 Å². The number of rotatable bonds is 7. The third-order valence-corrected chi connectivity index (χ3v) is 4.56. The van der Waals surface area contributed by atoms with E-state index in [1.807, 2.05) is 6.07 Å². The number of ether oxygens (including phenoxy) is 1. The number of hydrogen-bond donors (Lipinski definition) is 1. The van der Waals surface area contributed by atoms with Crippen LogP contribution in [0.15, 0.2) is 24.3 Å². The molecule has 1 aliphatic heterocycles. The van der Waals surface area contributed by atoms with Crippen molar-refractivity contribution < 1.29 is 4.74 Å². The van der Waals surface area contributed by atoms with Crippen molar-refractivity contribution >= 4 is 0 Å². The Labute approximate surface area is 128 Å². The zero-order valence-electron chi connectivity index (χ0n) is 13.2. The van der Waals surface area contributed by atoms with Crippen molar-refractivity contribution in [2.75, 3.05) is 19.7 Å². The van der Waals surface area contributed by atoms with Crippen molar-refractivity contribution in [3.05, 3.63) is 29.8 Å². The van der Waals surface area contributed by atoms with Crippen LogP contribution < -0.4 is 10.1 Å². The Kier molecular flexibility index (Phi) is 5.15. The summed E-state index contributed by atoms with van der Waals surface area (Å²) < 4.78 is 5.70. The molecule has 0 aromatic heterocycles. The van der Waals surface area contributed by atoms with Crippen LogP contribution in [0, 0.1) is 0 Å². The van der Waals surface area contributed by atoms with Crippen LogP contribution in [-0.2, 0) is 6.54 Å². The van der Waals surface area contributed by atoms with E-state index in [2.05, 4.69) is 35.3 Å². The number of nitrogens with zero attached hydrogens (tertiary/aromatic N) is 1. The summed E-state index contributed by atoms with van der Waals surface area (Å²) >= 11 is 0. The van der Waals surface area contributed by atoms with Crippen LogP contribution in [0.1, 0.15) is 44.6 Å². The van der Waals surface area contributed by atoms with Gasteiger partial charge in [0.2, 0.25) is 0 Å². The molecule has 0 radical (unpaired) electrons. The summed E-state index contributed by atoms with van der Waals surface area (Å²) in [5.41, 5.74) is 1.33. The molecule has 1 heterocycles. The summed E-state index contributed by atoms with van der Waals surface area (Å²) in [4.78, 5) is 2.68. The second-order valence-corrected chi connectivity index (χ2v) is 6.42. The van der Waals surface area contributed by atoms with Gasteiger partial charge in [0.05, 0.1) is 6.61 Å². The van der Waals surface area contributed by atoms with Gasteiger partial charge in [0.15, 0.2) is 0 Å². The van der Waals surface area contributed by atoms with Crippen LogP contribution in [0.5, 0.6) is 5.75 Å². The first-order valence-corrected chi connectivity index (χ1v) is 8.54. The van der Waals surface area contributed by atoms with Gasteiger partial charge in [-0.1, -0.05) is 19.1 Å². The molecule has 0 unspecified atom stereocenters. The van der Waals surface area contributed by atoms with E-state index in [1.165, 1.54) is 44.3 Å². The van der Waals surface area contributed by atoms with Crippen LogP contribution in [-0.4, -0.2) is 36.7 Å². The molecule has 0 bridgehead atoms. The van der Waals surface area contributed by atoms with E-state index in [0.29, 0.717) is 6.04 Å². The second kappa shape index (κ2) is 7.28. The van der Waals surface area contributed by atoms with Gasteiger partial charge in [-0.25, -0.2) is 0 Å². The molecule has 2 fully saturated rings. The maximum absolute atomic E-state index is 5.70. The Hall–Kier alpha value is -1.06. The molecule has 1 aromatic carbocycles. The molecule has 116 valence electrons. The molecule has 1 saturated carbocycles. The van der Waals surface area contributed by atoms with Crippen LogP contribution >= 0.6 is 0 Å². The topological polar surface area (TPSA) is 24.5 Å². The van der Waals surface area contributed by atoms with E-state index >= 15 is 0 Å². The third kappa shape index (κ3) is 4.45. The fraction of sp³-hybridized carbons (Fsp3) is 0.667. The summed E-state index contributed by atoms with van der Waals surface area (Å²) in [6.45, 7) is 6.46. The molecule has 0 atom stereocenters. The quantitative estimate of drug-likeness (QED) is 0.834. The van der Waals surface area contributed by atoms with Gasteiger partial charge in [0, 0.05) is 18.6 Å². The van der Waals surface area contributed by atoms with Crippen LogP contribution in [0.4, 0.5) is 0 Å². The van der Waals surface area contributed by atoms with Crippen LogP contribution in [0.25, 0.3) is 0 Å². The molecule has 3 heteroatoms. The van der Waals surface area contributed by atoms with E-state index in [0.717, 1.165) is 31.4 Å². The Morgan fingerprint density at radius 2 is 2.00 bits per heavy atom. The Morgan fingerprint density at radius 1 is 1.19 bits per heavy atom. The first-order chi connectivity index (χ1) is 10.3. The minimum Gasteiger partial charge on any atom is -0.494 e. The zero-order valence-corrected chi connectivity index (χ0v) is 13.2. The van der Waals surface area contributed by atoms with Crippen LogP contribution in [0.2, 0.25) is 0 Å². The standard InChI is InChI=1S/C18H28N2O/c1-2-12-21-18-5-3-4-15(13-18)14-19-16-8-10-20(11-9-16)17-6-7-17/h3-5,13,16-17,19H,2,6-12,14H2,1H3. The second-order valence-electron chi connectivity index (χ2n) is 6.42. The molecule has 0 spiro atoms. The lowest BCUT2D eigenvalue weighted by atomic mass is 10.0. The average molecular weight is 288 g/mol. The van der Waals surface area contributed by atoms with Gasteiger partial charge in [0.1, 0.15) is 5.75 Å². The molecule has 3 nitrogen and oxygen atoms in total. The van der Waals surface area contributed by atoms with E-state index in [-0.39, 0.29) is 0 Å². The lowest BCUT2D eigenvalue weighted by Gasteiger charge is -2.32. The van der Waals surface area contributed by atoms with Crippen molar-refractivity contribution in [1.82, 2.24) is 10.2 Å². The maximum Gasteiger partial charge on any atom is 0.119 e. The normalized spacial score (nSPS) is 20.6. The molecular weight excluding hydrogens is 260 g/mol. The molecule has 2 aliphatic rings. The number of likely N-dealkylation sites (tertiary alicyclic amines) is 1. The van der Waals surface area contributed by atoms with Gasteiger partial charge in [-0.05, 0) is 62.9 Å². The summed E-state index contributed by atoms with van der Waals surface area (Å²) in [5, 5.41) is 3.72. The molecule has 1 N–H and O–H groups in total. The largest absolute Gasteiger partial charge is 0.494 e. The van der Waals surface area contributed by atoms with Crippen molar-refractivity contribution in [2.45, 2.75) is 57.7 Å². The molecule has 1 saturated heterocycles. The maximum atomic E-state index is 5.70. The lowest BCUT2D eigenvalue weighted by molar-refractivity contribution is 0.189. The highest BCUT2D eigenvalue weighted by molar-refractivity contribution is 5.28. The van der Waals surface area contributed by atoms with Gasteiger partial charge in [-0.3, -0.25) is 0 Å². The highest BCUT2D eigenvalue weighted by Crippen LogP contribution is 2.29. The SMILES string of the molecule is CCCOc1cccc(CNC2CCN(C3CC3)CC2)c1. The predicted octanol–water partition coefficient (Wildman–Crippen LogP) is 3.19. The van der Waals surface area contributed by atoms with Crippen molar-refractivity contribution in [3.8, 4) is 5.75 Å². The average Bonchev–Trinajstić information content (AvgIpc) is 3.37. The third-order valence-electron chi connectivity index (χ3n) is 4.56. The highest BCUT2D eigenvalue weighted by atomic mass is 16.5. The summed E-state index contributed by atoms with van der Waals surface area (Å²) in [6.07, 6.45) is 6.51. The van der Waals surface area contributed by atoms with Crippen molar-refractivity contribution in [3.63, 3.8) is 0 Å². The smallest absolute Gasteiger partial charge is 0.119 e. The number of hydrogen-bond acceptors (Lipinski definition) is 3. The fourth-order valence-corrected chi connectivity index (χ4v) is 3.14. The summed E-state index contributed by atoms with van der Waals surface area (Å²) in [6, 6.07) is 10.1. The first-order valence-electron chi connectivity index (χ1n) is 8.54. The van der Waals surface area contributed by atoms with E-state index in [4.69, 9.17) is 4.74 Å². The Morgan fingerprint density at radius 3 is 2.71 bits per heavy atom. The first kappa shape index (κ1) is 14.9. The summed E-state index contributed by atoms with van der Waals surface area (Å²) in [5.74, 6) is 1.000. The Balaban J connectivity index is 1.42. The highest BCUT2D eigenvalue weighted by Gasteiger charge is 2.31. The van der Waals surface area contributed by atoms with Crippen molar-refractivity contribution in [2.24, 2.45) is 0 Å². The fourth-order valence-electron chi connectivity index (χ4n) is 3.14. The molecule has 0 amide bonds. The van der Waals surface area contributed by atoms with E-state index in [9.17, 15) is 0 Å². The minimum atomic E-state index is 0.681. The number of benzene rings is 1. The van der Waals surface area contributed by atoms with Crippen LogP contribution in [0.3, 0.4) is 0 Å². The van der Waals surface area contributed by atoms with Gasteiger partial charge in [-0.2, -0.15) is 0 Å². The molecular formula is C18H28N2O. The number of nitrogens with one attached hydrogen (secondary N) is 1. The van der Waals surface area contributed by atoms with Gasteiger partial charge >= 0.3 is 0 Å². The van der Waals surface area contributed by atoms with Gasteiger partial charge in [-0.15, -0.1) is 0 Å². The molecule has 1 aromatic rings. The van der Waals surface area contributed by atoms with Crippen molar-refractivity contribution in [1.29, 1.82) is 0 Å². The Bertz CT molecular complexity index is 437. The zero-order chi connectivity index (χ0) is 14.5.